The molecule has 3 rings (SSSR count). The van der Waals surface area contributed by atoms with Crippen LogP contribution in [0, 0.1) is 13.8 Å². The summed E-state index contributed by atoms with van der Waals surface area (Å²) in [5.41, 5.74) is 1.12. The summed E-state index contributed by atoms with van der Waals surface area (Å²) in [5.74, 6) is 4.87. The topological polar surface area (TPSA) is 98.2 Å². The van der Waals surface area contributed by atoms with Gasteiger partial charge in [-0.1, -0.05) is 42.1 Å². The van der Waals surface area contributed by atoms with E-state index in [0.29, 0.717) is 15.8 Å². The number of nitrogen functional groups attached to an aromatic ring is 1. The number of fused-ring (bicyclic) bond motifs is 1. The van der Waals surface area contributed by atoms with Crippen molar-refractivity contribution < 1.29 is 9.90 Å². The van der Waals surface area contributed by atoms with Gasteiger partial charge in [0, 0.05) is 4.88 Å². The Hall–Kier alpha value is -2.32. The molecule has 24 heavy (non-hydrogen) atoms. The van der Waals surface area contributed by atoms with E-state index in [0.717, 1.165) is 26.9 Å². The zero-order chi connectivity index (χ0) is 17.4. The SMILES string of the molecule is Cc1sc2nc(SC(C(=O)O)c3ccccc3)n(N)c(=O)c2c1C. The number of aliphatic carboxylic acids is 1. The Morgan fingerprint density at radius 1 is 1.33 bits per heavy atom. The highest BCUT2D eigenvalue weighted by molar-refractivity contribution is 8.00. The quantitative estimate of drug-likeness (QED) is 0.421. The lowest BCUT2D eigenvalue weighted by Crippen LogP contribution is -2.30. The van der Waals surface area contributed by atoms with Crippen LogP contribution in [0.4, 0.5) is 0 Å². The molecule has 0 amide bonds. The number of hydrogen-bond donors (Lipinski definition) is 2. The lowest BCUT2D eigenvalue weighted by Gasteiger charge is -2.13. The third-order valence-corrected chi connectivity index (χ3v) is 6.06. The summed E-state index contributed by atoms with van der Waals surface area (Å²) in [5, 5.41) is 9.32. The molecule has 1 atom stereocenters. The Kier molecular flexibility index (Phi) is 4.33. The number of nitrogens with two attached hydrogens (primary N) is 1. The highest BCUT2D eigenvalue weighted by Gasteiger charge is 2.25. The van der Waals surface area contributed by atoms with E-state index in [1.807, 2.05) is 19.9 Å². The Labute approximate surface area is 145 Å². The minimum atomic E-state index is -1.01. The second-order valence-corrected chi connectivity index (χ2v) is 7.56. The molecule has 0 saturated carbocycles. The number of thiophene rings is 1. The Morgan fingerprint density at radius 3 is 2.62 bits per heavy atom. The summed E-state index contributed by atoms with van der Waals surface area (Å²) in [4.78, 5) is 30.2. The van der Waals surface area contributed by atoms with Crippen LogP contribution < -0.4 is 11.4 Å². The number of aromatic nitrogens is 2. The van der Waals surface area contributed by atoms with Gasteiger partial charge in [-0.15, -0.1) is 11.3 Å². The molecule has 1 aromatic carbocycles. The lowest BCUT2D eigenvalue weighted by molar-refractivity contribution is -0.136. The van der Waals surface area contributed by atoms with Crippen LogP contribution in [0.1, 0.15) is 21.3 Å². The zero-order valence-electron chi connectivity index (χ0n) is 13.0. The van der Waals surface area contributed by atoms with Crippen molar-refractivity contribution in [3.8, 4) is 0 Å². The van der Waals surface area contributed by atoms with Gasteiger partial charge < -0.3 is 10.9 Å². The number of hydrogen-bond acceptors (Lipinski definition) is 6. The highest BCUT2D eigenvalue weighted by atomic mass is 32.2. The summed E-state index contributed by atoms with van der Waals surface area (Å²) in [7, 11) is 0. The second-order valence-electron chi connectivity index (χ2n) is 5.28. The molecule has 0 saturated heterocycles. The molecule has 6 nitrogen and oxygen atoms in total. The maximum Gasteiger partial charge on any atom is 0.321 e. The third-order valence-electron chi connectivity index (χ3n) is 3.75. The molecule has 0 spiro atoms. The van der Waals surface area contributed by atoms with Gasteiger partial charge in [-0.25, -0.2) is 9.66 Å². The van der Waals surface area contributed by atoms with E-state index in [2.05, 4.69) is 4.98 Å². The largest absolute Gasteiger partial charge is 0.480 e. The first-order valence-electron chi connectivity index (χ1n) is 7.12. The summed E-state index contributed by atoms with van der Waals surface area (Å²) < 4.78 is 0.936. The number of benzene rings is 1. The van der Waals surface area contributed by atoms with Crippen molar-refractivity contribution in [1.29, 1.82) is 0 Å². The minimum absolute atomic E-state index is 0.185. The normalized spacial score (nSPS) is 12.4. The van der Waals surface area contributed by atoms with E-state index in [-0.39, 0.29) is 10.7 Å². The van der Waals surface area contributed by atoms with Crippen LogP contribution in [0.2, 0.25) is 0 Å². The Morgan fingerprint density at radius 2 is 2.00 bits per heavy atom. The molecule has 3 N–H and O–H groups in total. The fourth-order valence-electron chi connectivity index (χ4n) is 2.37. The van der Waals surface area contributed by atoms with Gasteiger partial charge in [0.05, 0.1) is 5.39 Å². The average molecular weight is 361 g/mol. The number of carboxylic acid groups (broad SMARTS) is 1. The van der Waals surface area contributed by atoms with Crippen molar-refractivity contribution in [1.82, 2.24) is 9.66 Å². The van der Waals surface area contributed by atoms with Gasteiger partial charge >= 0.3 is 5.97 Å². The molecule has 8 heteroatoms. The Balaban J connectivity index is 2.11. The van der Waals surface area contributed by atoms with Gasteiger partial charge in [-0.2, -0.15) is 0 Å². The fraction of sp³-hybridized carbons (Fsp3) is 0.188. The molecule has 0 bridgehead atoms. The lowest BCUT2D eigenvalue weighted by atomic mass is 10.1. The predicted octanol–water partition coefficient (Wildman–Crippen LogP) is 2.71. The number of carboxylic acids is 1. The molecule has 0 fully saturated rings. The van der Waals surface area contributed by atoms with Crippen molar-refractivity contribution in [3.63, 3.8) is 0 Å². The predicted molar refractivity (Wildman–Crippen MR) is 96.2 cm³/mol. The van der Waals surface area contributed by atoms with Crippen LogP contribution in [-0.4, -0.2) is 20.7 Å². The van der Waals surface area contributed by atoms with Crippen LogP contribution in [0.5, 0.6) is 0 Å². The third kappa shape index (κ3) is 2.78. The van der Waals surface area contributed by atoms with E-state index in [4.69, 9.17) is 5.84 Å². The highest BCUT2D eigenvalue weighted by Crippen LogP contribution is 2.35. The van der Waals surface area contributed by atoms with Crippen LogP contribution in [0.25, 0.3) is 10.2 Å². The summed E-state index contributed by atoms with van der Waals surface area (Å²) in [6.45, 7) is 3.77. The molecule has 2 heterocycles. The molecule has 2 aromatic heterocycles. The van der Waals surface area contributed by atoms with E-state index >= 15 is 0 Å². The number of rotatable bonds is 4. The van der Waals surface area contributed by atoms with Crippen LogP contribution in [0.3, 0.4) is 0 Å². The minimum Gasteiger partial charge on any atom is -0.480 e. The average Bonchev–Trinajstić information content (AvgIpc) is 2.84. The smallest absolute Gasteiger partial charge is 0.321 e. The van der Waals surface area contributed by atoms with E-state index < -0.39 is 11.2 Å². The summed E-state index contributed by atoms with van der Waals surface area (Å²) in [6, 6.07) is 8.80. The van der Waals surface area contributed by atoms with Crippen molar-refractivity contribution >= 4 is 39.3 Å². The Bertz CT molecular complexity index is 980. The van der Waals surface area contributed by atoms with Gasteiger partial charge in [0.15, 0.2) is 5.16 Å². The van der Waals surface area contributed by atoms with Crippen LogP contribution in [-0.2, 0) is 4.79 Å². The van der Waals surface area contributed by atoms with Crippen molar-refractivity contribution in [3.05, 3.63) is 56.7 Å². The van der Waals surface area contributed by atoms with Gasteiger partial charge in [0.25, 0.3) is 5.56 Å². The van der Waals surface area contributed by atoms with E-state index in [1.54, 1.807) is 24.3 Å². The zero-order valence-corrected chi connectivity index (χ0v) is 14.6. The first-order valence-corrected chi connectivity index (χ1v) is 8.82. The molecule has 0 aliphatic rings. The van der Waals surface area contributed by atoms with Crippen molar-refractivity contribution in [2.45, 2.75) is 24.3 Å². The summed E-state index contributed by atoms with van der Waals surface area (Å²) in [6.07, 6.45) is 0. The van der Waals surface area contributed by atoms with Gasteiger partial charge in [0.2, 0.25) is 0 Å². The molecule has 124 valence electrons. The molecule has 0 aliphatic heterocycles. The van der Waals surface area contributed by atoms with E-state index in [1.165, 1.54) is 11.3 Å². The number of thioether (sulfide) groups is 1. The number of nitrogens with zero attached hydrogens (tertiary/aromatic N) is 2. The van der Waals surface area contributed by atoms with E-state index in [9.17, 15) is 14.7 Å². The first-order chi connectivity index (χ1) is 11.4. The number of carbonyl (C=O) groups is 1. The molecule has 0 radical (unpaired) electrons. The monoisotopic (exact) mass is 361 g/mol. The molecule has 3 aromatic rings. The van der Waals surface area contributed by atoms with Crippen molar-refractivity contribution in [2.75, 3.05) is 5.84 Å². The molecule has 1 unspecified atom stereocenters. The standard InChI is InChI=1S/C16H15N3O3S2/c1-8-9(2)23-13-11(8)14(20)19(17)16(18-13)24-12(15(21)22)10-6-4-3-5-7-10/h3-7,12H,17H2,1-2H3,(H,21,22). The van der Waals surface area contributed by atoms with Gasteiger partial charge in [-0.05, 0) is 25.0 Å². The summed E-state index contributed by atoms with van der Waals surface area (Å²) >= 11 is 2.36. The van der Waals surface area contributed by atoms with Crippen molar-refractivity contribution in [2.24, 2.45) is 0 Å². The second kappa shape index (κ2) is 6.29. The van der Waals surface area contributed by atoms with Crippen LogP contribution in [0.15, 0.2) is 40.3 Å². The maximum absolute atomic E-state index is 12.5. The molecular formula is C16H15N3O3S2. The molecule has 0 aliphatic carbocycles. The maximum atomic E-state index is 12.5. The van der Waals surface area contributed by atoms with Crippen LogP contribution >= 0.6 is 23.1 Å². The first kappa shape index (κ1) is 16.5. The van der Waals surface area contributed by atoms with Gasteiger partial charge in [0.1, 0.15) is 10.1 Å². The van der Waals surface area contributed by atoms with Gasteiger partial charge in [-0.3, -0.25) is 9.59 Å². The molecular weight excluding hydrogens is 346 g/mol. The fourth-order valence-corrected chi connectivity index (χ4v) is 4.39. The number of aryl methyl sites for hydroxylation is 2.